The number of aryl methyl sites for hydroxylation is 1. The first-order chi connectivity index (χ1) is 15.4. The summed E-state index contributed by atoms with van der Waals surface area (Å²) in [5.41, 5.74) is 2.52. The molecule has 2 aromatic carbocycles. The Morgan fingerprint density at radius 3 is 2.69 bits per heavy atom. The number of benzene rings is 2. The van der Waals surface area contributed by atoms with Crippen molar-refractivity contribution in [3.8, 4) is 0 Å². The molecule has 32 heavy (non-hydrogen) atoms. The Balaban J connectivity index is 1.45. The fourth-order valence-electron chi connectivity index (χ4n) is 3.82. The standard InChI is InChI=1S/C24H26FN3O2S2/c1-15-11-28(12-16(2)30-15)22-9-8-18(10-21(22)25)27-24(29)20-6-4-5-7-23(20)32-14-19-13-31-17(3)26-19/h4-10,13,15-16H,11-12,14H2,1-3H3,(H,27,29). The summed E-state index contributed by atoms with van der Waals surface area (Å²) in [4.78, 5) is 20.3. The van der Waals surface area contributed by atoms with E-state index < -0.39 is 0 Å². The van der Waals surface area contributed by atoms with E-state index in [4.69, 9.17) is 4.74 Å². The van der Waals surface area contributed by atoms with Gasteiger partial charge in [0.25, 0.3) is 5.91 Å². The van der Waals surface area contributed by atoms with Gasteiger partial charge in [-0.15, -0.1) is 23.1 Å². The molecule has 1 N–H and O–H groups in total. The van der Waals surface area contributed by atoms with Crippen molar-refractivity contribution in [3.63, 3.8) is 0 Å². The Labute approximate surface area is 196 Å². The SMILES string of the molecule is Cc1nc(CSc2ccccc2C(=O)Nc2ccc(N3CC(C)OC(C)C3)c(F)c2)cs1. The number of hydrogen-bond acceptors (Lipinski definition) is 6. The maximum absolute atomic E-state index is 14.9. The Morgan fingerprint density at radius 1 is 1.25 bits per heavy atom. The Bertz CT molecular complexity index is 1090. The minimum atomic E-state index is -0.356. The van der Waals surface area contributed by atoms with Crippen LogP contribution >= 0.6 is 23.1 Å². The monoisotopic (exact) mass is 471 g/mol. The van der Waals surface area contributed by atoms with Crippen LogP contribution in [-0.2, 0) is 10.5 Å². The number of morpholine rings is 1. The van der Waals surface area contributed by atoms with E-state index in [0.29, 0.717) is 35.8 Å². The summed E-state index contributed by atoms with van der Waals surface area (Å²) in [5, 5.41) is 5.90. The molecule has 1 aliphatic rings. The third-order valence-corrected chi connectivity index (χ3v) is 7.07. The van der Waals surface area contributed by atoms with Gasteiger partial charge in [-0.25, -0.2) is 9.37 Å². The summed E-state index contributed by atoms with van der Waals surface area (Å²) in [6, 6.07) is 12.3. The van der Waals surface area contributed by atoms with Gasteiger partial charge in [0.05, 0.1) is 34.2 Å². The molecular formula is C24H26FN3O2S2. The molecule has 8 heteroatoms. The van der Waals surface area contributed by atoms with E-state index in [2.05, 4.69) is 10.3 Å². The van der Waals surface area contributed by atoms with Gasteiger partial charge in [-0.3, -0.25) is 4.79 Å². The van der Waals surface area contributed by atoms with Crippen molar-refractivity contribution in [2.45, 2.75) is 43.6 Å². The van der Waals surface area contributed by atoms with Gasteiger partial charge in [0.2, 0.25) is 0 Å². The van der Waals surface area contributed by atoms with Crippen LogP contribution in [0.3, 0.4) is 0 Å². The van der Waals surface area contributed by atoms with Crippen molar-refractivity contribution in [2.75, 3.05) is 23.3 Å². The van der Waals surface area contributed by atoms with E-state index in [1.54, 1.807) is 41.3 Å². The van der Waals surface area contributed by atoms with Crippen molar-refractivity contribution in [3.05, 3.63) is 69.9 Å². The molecule has 3 aromatic rings. The van der Waals surface area contributed by atoms with Crippen LogP contribution < -0.4 is 10.2 Å². The minimum absolute atomic E-state index is 0.0414. The fraction of sp³-hybridized carbons (Fsp3) is 0.333. The molecule has 0 spiro atoms. The second-order valence-corrected chi connectivity index (χ2v) is 10.0. The number of thioether (sulfide) groups is 1. The molecule has 2 unspecified atom stereocenters. The molecule has 1 amide bonds. The van der Waals surface area contributed by atoms with E-state index >= 15 is 0 Å². The van der Waals surface area contributed by atoms with Crippen LogP contribution in [0, 0.1) is 12.7 Å². The minimum Gasteiger partial charge on any atom is -0.372 e. The average molecular weight is 472 g/mol. The molecule has 4 rings (SSSR count). The van der Waals surface area contributed by atoms with E-state index in [-0.39, 0.29) is 23.9 Å². The molecule has 2 heterocycles. The lowest BCUT2D eigenvalue weighted by molar-refractivity contribution is -0.00539. The molecule has 1 fully saturated rings. The Morgan fingerprint density at radius 2 is 2.00 bits per heavy atom. The molecule has 1 aliphatic heterocycles. The molecule has 0 saturated carbocycles. The largest absolute Gasteiger partial charge is 0.372 e. The van der Waals surface area contributed by atoms with Gasteiger partial charge in [0, 0.05) is 34.8 Å². The Hall–Kier alpha value is -2.42. The fourth-order valence-corrected chi connectivity index (χ4v) is 5.48. The number of nitrogens with zero attached hydrogens (tertiary/aromatic N) is 2. The van der Waals surface area contributed by atoms with Gasteiger partial charge in [-0.05, 0) is 51.1 Å². The third-order valence-electron chi connectivity index (χ3n) is 5.14. The maximum Gasteiger partial charge on any atom is 0.256 e. The third kappa shape index (κ3) is 5.49. The van der Waals surface area contributed by atoms with E-state index in [0.717, 1.165) is 15.6 Å². The van der Waals surface area contributed by atoms with Gasteiger partial charge < -0.3 is 15.0 Å². The Kier molecular flexibility index (Phi) is 7.13. The van der Waals surface area contributed by atoms with Crippen LogP contribution in [-0.4, -0.2) is 36.2 Å². The zero-order valence-electron chi connectivity index (χ0n) is 18.3. The van der Waals surface area contributed by atoms with Crippen molar-refractivity contribution >= 4 is 40.4 Å². The number of hydrogen-bond donors (Lipinski definition) is 1. The predicted molar refractivity (Wildman–Crippen MR) is 129 cm³/mol. The summed E-state index contributed by atoms with van der Waals surface area (Å²) >= 11 is 3.18. The highest BCUT2D eigenvalue weighted by atomic mass is 32.2. The van der Waals surface area contributed by atoms with Crippen molar-refractivity contribution in [1.29, 1.82) is 0 Å². The van der Waals surface area contributed by atoms with Gasteiger partial charge in [-0.2, -0.15) is 0 Å². The number of thiazole rings is 1. The molecule has 1 aromatic heterocycles. The van der Waals surface area contributed by atoms with Crippen LogP contribution in [0.1, 0.15) is 34.9 Å². The molecule has 168 valence electrons. The van der Waals surface area contributed by atoms with Crippen LogP contribution in [0.2, 0.25) is 0 Å². The van der Waals surface area contributed by atoms with Crippen LogP contribution in [0.5, 0.6) is 0 Å². The van der Waals surface area contributed by atoms with Gasteiger partial charge in [0.1, 0.15) is 5.82 Å². The molecule has 1 saturated heterocycles. The quantitative estimate of drug-likeness (QED) is 0.464. The highest BCUT2D eigenvalue weighted by Gasteiger charge is 2.24. The number of anilines is 2. The lowest BCUT2D eigenvalue weighted by atomic mass is 10.1. The first-order valence-electron chi connectivity index (χ1n) is 10.5. The first kappa shape index (κ1) is 22.8. The second kappa shape index (κ2) is 10.0. The average Bonchev–Trinajstić information content (AvgIpc) is 3.17. The summed E-state index contributed by atoms with van der Waals surface area (Å²) in [6.45, 7) is 7.22. The number of nitrogens with one attached hydrogen (secondary N) is 1. The summed E-state index contributed by atoms with van der Waals surface area (Å²) in [7, 11) is 0. The lowest BCUT2D eigenvalue weighted by Gasteiger charge is -2.37. The van der Waals surface area contributed by atoms with Crippen molar-refractivity contribution in [1.82, 2.24) is 4.98 Å². The number of rotatable bonds is 6. The number of carbonyl (C=O) groups is 1. The molecule has 2 atom stereocenters. The van der Waals surface area contributed by atoms with Crippen LogP contribution in [0.25, 0.3) is 0 Å². The molecule has 0 bridgehead atoms. The highest BCUT2D eigenvalue weighted by molar-refractivity contribution is 7.98. The number of aromatic nitrogens is 1. The van der Waals surface area contributed by atoms with Crippen molar-refractivity contribution < 1.29 is 13.9 Å². The van der Waals surface area contributed by atoms with Gasteiger partial charge in [-0.1, -0.05) is 12.1 Å². The predicted octanol–water partition coefficient (Wildman–Crippen LogP) is 5.75. The number of amides is 1. The zero-order valence-corrected chi connectivity index (χ0v) is 19.9. The number of halogens is 1. The van der Waals surface area contributed by atoms with E-state index in [1.165, 1.54) is 6.07 Å². The topological polar surface area (TPSA) is 54.5 Å². The zero-order chi connectivity index (χ0) is 22.7. The summed E-state index contributed by atoms with van der Waals surface area (Å²) in [5.74, 6) is 0.0722. The van der Waals surface area contributed by atoms with Crippen LogP contribution in [0.15, 0.2) is 52.7 Å². The molecule has 5 nitrogen and oxygen atoms in total. The molecular weight excluding hydrogens is 445 g/mol. The maximum atomic E-state index is 14.9. The highest BCUT2D eigenvalue weighted by Crippen LogP contribution is 2.29. The summed E-state index contributed by atoms with van der Waals surface area (Å²) < 4.78 is 20.6. The smallest absolute Gasteiger partial charge is 0.256 e. The van der Waals surface area contributed by atoms with Gasteiger partial charge >= 0.3 is 0 Å². The normalized spacial score (nSPS) is 18.6. The summed E-state index contributed by atoms with van der Waals surface area (Å²) in [6.07, 6.45) is 0.0828. The number of ether oxygens (including phenoxy) is 1. The second-order valence-electron chi connectivity index (χ2n) is 7.93. The first-order valence-corrected chi connectivity index (χ1v) is 12.4. The van der Waals surface area contributed by atoms with E-state index in [1.807, 2.05) is 49.3 Å². The number of carbonyl (C=O) groups excluding carboxylic acids is 1. The van der Waals surface area contributed by atoms with Crippen LogP contribution in [0.4, 0.5) is 15.8 Å². The lowest BCUT2D eigenvalue weighted by Crippen LogP contribution is -2.45. The van der Waals surface area contributed by atoms with Gasteiger partial charge in [0.15, 0.2) is 0 Å². The molecule has 0 aliphatic carbocycles. The molecule has 0 radical (unpaired) electrons. The van der Waals surface area contributed by atoms with E-state index in [9.17, 15) is 9.18 Å². The van der Waals surface area contributed by atoms with Crippen molar-refractivity contribution in [2.24, 2.45) is 0 Å².